The smallest absolute Gasteiger partial charge is 0.306 e. The summed E-state index contributed by atoms with van der Waals surface area (Å²) in [6.07, 6.45) is 2.34. The lowest BCUT2D eigenvalue weighted by Gasteiger charge is -2.24. The van der Waals surface area contributed by atoms with Crippen molar-refractivity contribution in [1.82, 2.24) is 0 Å². The molecule has 1 fully saturated rings. The number of aliphatic carboxylic acids is 1. The first-order chi connectivity index (χ1) is 6.65. The van der Waals surface area contributed by atoms with Gasteiger partial charge >= 0.3 is 5.97 Å². The molecular weight excluding hydrogens is 182 g/mol. The van der Waals surface area contributed by atoms with Crippen LogP contribution >= 0.6 is 0 Å². The Hall–Kier alpha value is -1.37. The van der Waals surface area contributed by atoms with Crippen LogP contribution in [-0.2, 0) is 9.59 Å². The van der Waals surface area contributed by atoms with Crippen molar-refractivity contribution in [2.24, 2.45) is 11.8 Å². The number of carbonyl (C=O) groups is 2. The molecule has 0 aromatic rings. The van der Waals surface area contributed by atoms with Crippen molar-refractivity contribution in [3.8, 4) is 6.07 Å². The number of carboxylic acid groups (broad SMARTS) is 1. The van der Waals surface area contributed by atoms with E-state index in [1.165, 1.54) is 0 Å². The van der Waals surface area contributed by atoms with Gasteiger partial charge in [0.2, 0.25) is 0 Å². The van der Waals surface area contributed by atoms with Gasteiger partial charge in [-0.3, -0.25) is 9.59 Å². The van der Waals surface area contributed by atoms with E-state index in [1.54, 1.807) is 0 Å². The van der Waals surface area contributed by atoms with E-state index in [9.17, 15) is 9.59 Å². The van der Waals surface area contributed by atoms with E-state index in [0.29, 0.717) is 25.7 Å². The maximum absolute atomic E-state index is 11.3. The first kappa shape index (κ1) is 10.7. The molecule has 0 aromatic carbocycles. The molecule has 0 aromatic heterocycles. The van der Waals surface area contributed by atoms with Crippen molar-refractivity contribution in [3.63, 3.8) is 0 Å². The van der Waals surface area contributed by atoms with Gasteiger partial charge in [0, 0.05) is 5.92 Å². The number of nitriles is 1. The minimum Gasteiger partial charge on any atom is -0.481 e. The van der Waals surface area contributed by atoms with Gasteiger partial charge in [-0.05, 0) is 25.7 Å². The molecule has 4 nitrogen and oxygen atoms in total. The molecule has 0 atom stereocenters. The van der Waals surface area contributed by atoms with E-state index >= 15 is 0 Å². The summed E-state index contributed by atoms with van der Waals surface area (Å²) in [5.74, 6) is -1.17. The van der Waals surface area contributed by atoms with Crippen molar-refractivity contribution >= 4 is 11.8 Å². The monoisotopic (exact) mass is 195 g/mol. The van der Waals surface area contributed by atoms with Gasteiger partial charge in [0.25, 0.3) is 0 Å². The van der Waals surface area contributed by atoms with E-state index in [4.69, 9.17) is 10.4 Å². The predicted octanol–water partition coefficient (Wildman–Crippen LogP) is 1.36. The van der Waals surface area contributed by atoms with Crippen LogP contribution in [0.25, 0.3) is 0 Å². The minimum atomic E-state index is -0.767. The Bertz CT molecular complexity index is 272. The maximum atomic E-state index is 11.3. The van der Waals surface area contributed by atoms with Crippen molar-refractivity contribution in [1.29, 1.82) is 5.26 Å². The Morgan fingerprint density at radius 2 is 1.71 bits per heavy atom. The van der Waals surface area contributed by atoms with Crippen molar-refractivity contribution in [3.05, 3.63) is 0 Å². The molecule has 76 valence electrons. The number of hydrogen-bond donors (Lipinski definition) is 1. The van der Waals surface area contributed by atoms with E-state index in [-0.39, 0.29) is 24.0 Å². The summed E-state index contributed by atoms with van der Waals surface area (Å²) in [6, 6.07) is 1.83. The highest BCUT2D eigenvalue weighted by atomic mass is 16.4. The summed E-state index contributed by atoms with van der Waals surface area (Å²) in [5.41, 5.74) is 0. The van der Waals surface area contributed by atoms with Gasteiger partial charge < -0.3 is 5.11 Å². The molecule has 14 heavy (non-hydrogen) atoms. The number of carbonyl (C=O) groups excluding carboxylic acids is 1. The molecule has 0 heterocycles. The molecule has 1 saturated carbocycles. The van der Waals surface area contributed by atoms with Gasteiger partial charge in [-0.25, -0.2) is 0 Å². The summed E-state index contributed by atoms with van der Waals surface area (Å²) < 4.78 is 0. The summed E-state index contributed by atoms with van der Waals surface area (Å²) in [4.78, 5) is 21.9. The normalized spacial score (nSPS) is 26.5. The van der Waals surface area contributed by atoms with Crippen molar-refractivity contribution in [2.45, 2.75) is 32.1 Å². The van der Waals surface area contributed by atoms with Gasteiger partial charge in [-0.1, -0.05) is 0 Å². The van der Waals surface area contributed by atoms with Crippen molar-refractivity contribution in [2.75, 3.05) is 0 Å². The second-order valence-electron chi connectivity index (χ2n) is 3.69. The third-order valence-electron chi connectivity index (χ3n) is 2.79. The number of ketones is 1. The molecule has 0 unspecified atom stereocenters. The molecule has 1 N–H and O–H groups in total. The summed E-state index contributed by atoms with van der Waals surface area (Å²) in [5, 5.41) is 17.1. The number of rotatable bonds is 3. The molecule has 4 heteroatoms. The van der Waals surface area contributed by atoms with Crippen LogP contribution in [0.2, 0.25) is 0 Å². The molecular formula is C10H13NO3. The zero-order valence-electron chi connectivity index (χ0n) is 7.90. The fourth-order valence-corrected chi connectivity index (χ4v) is 1.88. The highest BCUT2D eigenvalue weighted by molar-refractivity contribution is 5.83. The fourth-order valence-electron chi connectivity index (χ4n) is 1.88. The Morgan fingerprint density at radius 1 is 1.21 bits per heavy atom. The molecule has 0 aliphatic heterocycles. The van der Waals surface area contributed by atoms with Crippen LogP contribution in [-0.4, -0.2) is 16.9 Å². The van der Waals surface area contributed by atoms with E-state index in [1.807, 2.05) is 6.07 Å². The zero-order valence-corrected chi connectivity index (χ0v) is 7.90. The molecule has 1 rings (SSSR count). The van der Waals surface area contributed by atoms with E-state index in [2.05, 4.69) is 0 Å². The van der Waals surface area contributed by atoms with Crippen molar-refractivity contribution < 1.29 is 14.7 Å². The van der Waals surface area contributed by atoms with Gasteiger partial charge in [0.05, 0.1) is 18.4 Å². The summed E-state index contributed by atoms with van der Waals surface area (Å²) in [7, 11) is 0. The highest BCUT2D eigenvalue weighted by Gasteiger charge is 2.29. The number of nitrogens with zero attached hydrogens (tertiary/aromatic N) is 1. The van der Waals surface area contributed by atoms with Crippen LogP contribution < -0.4 is 0 Å². The second-order valence-corrected chi connectivity index (χ2v) is 3.69. The minimum absolute atomic E-state index is 0.0312. The standard InChI is InChI=1S/C10H13NO3/c11-6-5-9(12)7-1-3-8(4-2-7)10(13)14/h7-8H,1-5H2,(H,13,14). The first-order valence-corrected chi connectivity index (χ1v) is 4.77. The van der Waals surface area contributed by atoms with Crippen LogP contribution in [0, 0.1) is 23.2 Å². The molecule has 0 amide bonds. The quantitative estimate of drug-likeness (QED) is 0.737. The Kier molecular flexibility index (Phi) is 3.63. The zero-order chi connectivity index (χ0) is 10.6. The Balaban J connectivity index is 2.40. The van der Waals surface area contributed by atoms with Gasteiger partial charge in [-0.15, -0.1) is 0 Å². The number of hydrogen-bond acceptors (Lipinski definition) is 3. The van der Waals surface area contributed by atoms with Crippen LogP contribution in [0.1, 0.15) is 32.1 Å². The van der Waals surface area contributed by atoms with Crippen LogP contribution in [0.5, 0.6) is 0 Å². The first-order valence-electron chi connectivity index (χ1n) is 4.77. The number of carboxylic acids is 1. The van der Waals surface area contributed by atoms with Crippen LogP contribution in [0.4, 0.5) is 0 Å². The Labute approximate surface area is 82.5 Å². The largest absolute Gasteiger partial charge is 0.481 e. The van der Waals surface area contributed by atoms with Gasteiger partial charge in [0.1, 0.15) is 5.78 Å². The maximum Gasteiger partial charge on any atom is 0.306 e. The average Bonchev–Trinajstić information content (AvgIpc) is 2.18. The predicted molar refractivity (Wildman–Crippen MR) is 48.3 cm³/mol. The number of Topliss-reactive ketones (excluding diaryl/α,β-unsaturated/α-hetero) is 1. The van der Waals surface area contributed by atoms with Gasteiger partial charge in [-0.2, -0.15) is 5.26 Å². The summed E-state index contributed by atoms with van der Waals surface area (Å²) in [6.45, 7) is 0. The molecule has 0 saturated heterocycles. The van der Waals surface area contributed by atoms with Crippen LogP contribution in [0.15, 0.2) is 0 Å². The second kappa shape index (κ2) is 4.75. The van der Waals surface area contributed by atoms with Crippen LogP contribution in [0.3, 0.4) is 0 Å². The van der Waals surface area contributed by atoms with E-state index in [0.717, 1.165) is 0 Å². The Morgan fingerprint density at radius 3 is 2.14 bits per heavy atom. The molecule has 1 aliphatic carbocycles. The fraction of sp³-hybridized carbons (Fsp3) is 0.700. The van der Waals surface area contributed by atoms with Gasteiger partial charge in [0.15, 0.2) is 0 Å². The molecule has 0 spiro atoms. The topological polar surface area (TPSA) is 78.2 Å². The lowest BCUT2D eigenvalue weighted by atomic mass is 9.79. The highest BCUT2D eigenvalue weighted by Crippen LogP contribution is 2.29. The third kappa shape index (κ3) is 2.56. The SMILES string of the molecule is N#CCC(=O)C1CCC(C(=O)O)CC1. The summed E-state index contributed by atoms with van der Waals surface area (Å²) >= 11 is 0. The molecule has 0 bridgehead atoms. The molecule has 1 aliphatic rings. The third-order valence-corrected chi connectivity index (χ3v) is 2.79. The molecule has 0 radical (unpaired) electrons. The lowest BCUT2D eigenvalue weighted by molar-refractivity contribution is -0.143. The lowest BCUT2D eigenvalue weighted by Crippen LogP contribution is -2.25. The van der Waals surface area contributed by atoms with E-state index < -0.39 is 5.97 Å². The average molecular weight is 195 g/mol.